The van der Waals surface area contributed by atoms with E-state index in [2.05, 4.69) is 39.1 Å². The van der Waals surface area contributed by atoms with Crippen LogP contribution in [0.15, 0.2) is 0 Å². The molecule has 1 N–H and O–H groups in total. The van der Waals surface area contributed by atoms with Gasteiger partial charge in [-0.2, -0.15) is 0 Å². The van der Waals surface area contributed by atoms with E-state index >= 15 is 0 Å². The molecule has 0 bridgehead atoms. The van der Waals surface area contributed by atoms with Crippen LogP contribution in [0.3, 0.4) is 0 Å². The van der Waals surface area contributed by atoms with E-state index in [1.165, 1.54) is 0 Å². The van der Waals surface area contributed by atoms with E-state index in [1.807, 2.05) is 30.4 Å². The fraction of sp³-hybridized carbons (Fsp3) is 1.00. The smallest absolute Gasteiger partial charge is 0.184 e. The molecule has 1 fully saturated rings. The largest absolute Gasteiger partial charge is 0.409 e. The third-order valence-electron chi connectivity index (χ3n) is 3.63. The van der Waals surface area contributed by atoms with Crippen LogP contribution in [0.2, 0.25) is 19.6 Å². The van der Waals surface area contributed by atoms with Gasteiger partial charge in [0.1, 0.15) is 0 Å². The van der Waals surface area contributed by atoms with E-state index < -0.39 is 19.5 Å². The zero-order valence-corrected chi connectivity index (χ0v) is 14.7. The number of hydrogen-bond donors (Lipinski definition) is 1. The lowest BCUT2D eigenvalue weighted by atomic mass is 9.90. The van der Waals surface area contributed by atoms with E-state index in [0.717, 1.165) is 12.8 Å². The molecule has 1 aliphatic rings. The highest BCUT2D eigenvalue weighted by Crippen LogP contribution is 2.57. The molecule has 0 spiro atoms. The van der Waals surface area contributed by atoms with E-state index in [4.69, 9.17) is 4.43 Å². The standard InChI is InChI=1S/C12H26O2S2Si/c1-10(13)8-12(15-3,16-4)9-11(10,2)14-17(5,6)7/h13H,8-9H2,1-7H3/t10-,11+/m0/s1. The molecule has 0 aromatic carbocycles. The molecule has 0 amide bonds. The van der Waals surface area contributed by atoms with Gasteiger partial charge in [-0.25, -0.2) is 0 Å². The Morgan fingerprint density at radius 3 is 1.82 bits per heavy atom. The Balaban J connectivity index is 3.01. The highest BCUT2D eigenvalue weighted by molar-refractivity contribution is 8.17. The molecular weight excluding hydrogens is 268 g/mol. The van der Waals surface area contributed by atoms with Gasteiger partial charge in [-0.05, 0) is 46.0 Å². The molecule has 1 aliphatic carbocycles. The van der Waals surface area contributed by atoms with Crippen LogP contribution in [0.5, 0.6) is 0 Å². The van der Waals surface area contributed by atoms with Crippen LogP contribution in [-0.4, -0.2) is 41.2 Å². The SMILES string of the molecule is CSC1(SC)C[C@](C)(O)[C@](C)(O[Si](C)(C)C)C1. The maximum Gasteiger partial charge on any atom is 0.184 e. The average molecular weight is 295 g/mol. The fourth-order valence-electron chi connectivity index (χ4n) is 2.67. The molecule has 0 heterocycles. The van der Waals surface area contributed by atoms with Crippen molar-refractivity contribution in [2.45, 2.75) is 61.6 Å². The second-order valence-corrected chi connectivity index (χ2v) is 13.5. The molecule has 0 unspecified atom stereocenters. The topological polar surface area (TPSA) is 29.5 Å². The normalized spacial score (nSPS) is 37.4. The van der Waals surface area contributed by atoms with Crippen LogP contribution >= 0.6 is 23.5 Å². The van der Waals surface area contributed by atoms with Crippen LogP contribution in [0.25, 0.3) is 0 Å². The molecule has 2 nitrogen and oxygen atoms in total. The van der Waals surface area contributed by atoms with Gasteiger partial charge >= 0.3 is 0 Å². The predicted octanol–water partition coefficient (Wildman–Crippen LogP) is 3.56. The van der Waals surface area contributed by atoms with E-state index in [-0.39, 0.29) is 4.08 Å². The minimum absolute atomic E-state index is 0.0951. The van der Waals surface area contributed by atoms with Gasteiger partial charge < -0.3 is 9.53 Å². The summed E-state index contributed by atoms with van der Waals surface area (Å²) < 4.78 is 6.42. The van der Waals surface area contributed by atoms with Gasteiger partial charge in [-0.1, -0.05) is 0 Å². The van der Waals surface area contributed by atoms with Crippen LogP contribution in [0.4, 0.5) is 0 Å². The summed E-state index contributed by atoms with van der Waals surface area (Å²) >= 11 is 3.70. The molecule has 0 aromatic rings. The van der Waals surface area contributed by atoms with Crippen molar-refractivity contribution < 1.29 is 9.53 Å². The second-order valence-electron chi connectivity index (χ2n) is 6.39. The second kappa shape index (κ2) is 4.74. The summed E-state index contributed by atoms with van der Waals surface area (Å²) in [7, 11) is -1.65. The maximum absolute atomic E-state index is 10.7. The Kier molecular flexibility index (Phi) is 4.43. The molecule has 1 rings (SSSR count). The number of hydrogen-bond acceptors (Lipinski definition) is 4. The molecule has 0 saturated heterocycles. The van der Waals surface area contributed by atoms with E-state index in [9.17, 15) is 5.11 Å². The van der Waals surface area contributed by atoms with Crippen LogP contribution in [-0.2, 0) is 4.43 Å². The molecule has 2 atom stereocenters. The third kappa shape index (κ3) is 3.24. The van der Waals surface area contributed by atoms with Gasteiger partial charge in [0.2, 0.25) is 0 Å². The Morgan fingerprint density at radius 2 is 1.53 bits per heavy atom. The van der Waals surface area contributed by atoms with Crippen molar-refractivity contribution in [1.29, 1.82) is 0 Å². The molecule has 5 heteroatoms. The number of rotatable bonds is 4. The summed E-state index contributed by atoms with van der Waals surface area (Å²) in [6.45, 7) is 10.6. The molecule has 102 valence electrons. The third-order valence-corrected chi connectivity index (χ3v) is 7.76. The van der Waals surface area contributed by atoms with Crippen molar-refractivity contribution >= 4 is 31.8 Å². The van der Waals surface area contributed by atoms with Gasteiger partial charge in [-0.15, -0.1) is 23.5 Å². The van der Waals surface area contributed by atoms with Crippen molar-refractivity contribution in [2.75, 3.05) is 12.5 Å². The molecule has 17 heavy (non-hydrogen) atoms. The Hall–Kier alpha value is 0.837. The van der Waals surface area contributed by atoms with Crippen molar-refractivity contribution in [2.24, 2.45) is 0 Å². The number of thioether (sulfide) groups is 2. The molecule has 0 radical (unpaired) electrons. The summed E-state index contributed by atoms with van der Waals surface area (Å²) in [5.41, 5.74) is -1.15. The minimum atomic E-state index is -1.65. The lowest BCUT2D eigenvalue weighted by Crippen LogP contribution is -2.52. The van der Waals surface area contributed by atoms with Crippen LogP contribution < -0.4 is 0 Å². The summed E-state index contributed by atoms with van der Waals surface area (Å²) in [6.07, 6.45) is 5.97. The average Bonchev–Trinajstić information content (AvgIpc) is 2.32. The van der Waals surface area contributed by atoms with Crippen molar-refractivity contribution in [3.63, 3.8) is 0 Å². The summed E-state index contributed by atoms with van der Waals surface area (Å²) in [6, 6.07) is 0. The van der Waals surface area contributed by atoms with Gasteiger partial charge in [-0.3, -0.25) is 0 Å². The first kappa shape index (κ1) is 15.9. The first-order chi connectivity index (χ1) is 7.49. The van der Waals surface area contributed by atoms with E-state index in [0.29, 0.717) is 0 Å². The number of aliphatic hydroxyl groups is 1. The zero-order chi connectivity index (χ0) is 13.5. The quantitative estimate of drug-likeness (QED) is 0.634. The summed E-state index contributed by atoms with van der Waals surface area (Å²) in [5.74, 6) is 0. The molecular formula is C12H26O2S2Si. The predicted molar refractivity (Wildman–Crippen MR) is 82.5 cm³/mol. The van der Waals surface area contributed by atoms with Gasteiger partial charge in [0, 0.05) is 12.8 Å². The van der Waals surface area contributed by atoms with Gasteiger partial charge in [0.25, 0.3) is 0 Å². The monoisotopic (exact) mass is 294 g/mol. The fourth-order valence-corrected chi connectivity index (χ4v) is 6.67. The highest BCUT2D eigenvalue weighted by atomic mass is 32.2. The van der Waals surface area contributed by atoms with Crippen molar-refractivity contribution in [3.05, 3.63) is 0 Å². The first-order valence-corrected chi connectivity index (χ1v) is 11.9. The zero-order valence-electron chi connectivity index (χ0n) is 12.1. The maximum atomic E-state index is 10.7. The summed E-state index contributed by atoms with van der Waals surface area (Å²) in [5, 5.41) is 10.7. The molecule has 0 aliphatic heterocycles. The van der Waals surface area contributed by atoms with Crippen LogP contribution in [0.1, 0.15) is 26.7 Å². The lowest BCUT2D eigenvalue weighted by molar-refractivity contribution is -0.0955. The van der Waals surface area contributed by atoms with Crippen molar-refractivity contribution in [3.8, 4) is 0 Å². The van der Waals surface area contributed by atoms with E-state index in [1.54, 1.807) is 0 Å². The lowest BCUT2D eigenvalue weighted by Gasteiger charge is -2.41. The summed E-state index contributed by atoms with van der Waals surface area (Å²) in [4.78, 5) is 0. The Morgan fingerprint density at radius 1 is 1.06 bits per heavy atom. The first-order valence-electron chi connectivity index (χ1n) is 6.02. The van der Waals surface area contributed by atoms with Gasteiger partial charge in [0.15, 0.2) is 8.32 Å². The van der Waals surface area contributed by atoms with Crippen LogP contribution in [0, 0.1) is 0 Å². The van der Waals surface area contributed by atoms with Crippen molar-refractivity contribution in [1.82, 2.24) is 0 Å². The molecule has 0 aromatic heterocycles. The Labute approximate surface area is 115 Å². The Bertz CT molecular complexity index is 285. The molecule has 1 saturated carbocycles. The highest BCUT2D eigenvalue weighted by Gasteiger charge is 2.60. The minimum Gasteiger partial charge on any atom is -0.409 e. The van der Waals surface area contributed by atoms with Gasteiger partial charge in [0.05, 0.1) is 15.3 Å².